The summed E-state index contributed by atoms with van der Waals surface area (Å²) in [5.74, 6) is -1.49. The topological polar surface area (TPSA) is 108 Å². The summed E-state index contributed by atoms with van der Waals surface area (Å²) in [5, 5.41) is 14.8. The third-order valence-electron chi connectivity index (χ3n) is 6.87. The van der Waals surface area contributed by atoms with Crippen molar-refractivity contribution in [1.82, 2.24) is 15.5 Å². The molecule has 1 aliphatic heterocycles. The van der Waals surface area contributed by atoms with E-state index in [1.54, 1.807) is 13.8 Å². The lowest BCUT2D eigenvalue weighted by molar-refractivity contribution is -0.143. The van der Waals surface area contributed by atoms with Gasteiger partial charge in [0.25, 0.3) is 0 Å². The van der Waals surface area contributed by atoms with Crippen LogP contribution < -0.4 is 10.6 Å². The quantitative estimate of drug-likeness (QED) is 0.537. The number of fused-ring (bicyclic) bond motifs is 3. The largest absolute Gasteiger partial charge is 0.480 e. The number of benzene rings is 2. The van der Waals surface area contributed by atoms with E-state index in [9.17, 15) is 19.5 Å². The number of carbonyl (C=O) groups is 3. The Labute approximate surface area is 205 Å². The van der Waals surface area contributed by atoms with Crippen LogP contribution in [0.25, 0.3) is 11.1 Å². The fourth-order valence-corrected chi connectivity index (χ4v) is 4.98. The monoisotopic (exact) mass is 479 g/mol. The maximum absolute atomic E-state index is 12.5. The molecule has 1 fully saturated rings. The van der Waals surface area contributed by atoms with Gasteiger partial charge >= 0.3 is 12.1 Å². The van der Waals surface area contributed by atoms with Gasteiger partial charge in [0.2, 0.25) is 5.91 Å². The lowest BCUT2D eigenvalue weighted by atomic mass is 9.98. The van der Waals surface area contributed by atoms with Crippen molar-refractivity contribution in [2.75, 3.05) is 26.2 Å². The molecule has 0 unspecified atom stereocenters. The molecule has 0 saturated carbocycles. The normalized spacial score (nSPS) is 16.9. The maximum atomic E-state index is 12.5. The average Bonchev–Trinajstić information content (AvgIpc) is 3.16. The van der Waals surface area contributed by atoms with Gasteiger partial charge in [-0.15, -0.1) is 0 Å². The molecule has 1 heterocycles. The van der Waals surface area contributed by atoms with Crippen molar-refractivity contribution < 1.29 is 24.2 Å². The number of amides is 2. The molecule has 8 nitrogen and oxygen atoms in total. The number of carboxylic acid groups (broad SMARTS) is 1. The van der Waals surface area contributed by atoms with Crippen LogP contribution in [0.3, 0.4) is 0 Å². The van der Waals surface area contributed by atoms with Crippen LogP contribution in [0.5, 0.6) is 0 Å². The van der Waals surface area contributed by atoms with E-state index in [4.69, 9.17) is 4.74 Å². The van der Waals surface area contributed by atoms with E-state index in [0.29, 0.717) is 25.9 Å². The number of piperidine rings is 1. The molecule has 2 aromatic carbocycles. The van der Waals surface area contributed by atoms with Crippen molar-refractivity contribution in [1.29, 1.82) is 0 Å². The molecule has 0 spiro atoms. The first-order chi connectivity index (χ1) is 16.8. The molecular formula is C27H33N3O5. The molecule has 0 aromatic heterocycles. The van der Waals surface area contributed by atoms with Gasteiger partial charge in [0, 0.05) is 25.0 Å². The number of ether oxygens (including phenoxy) is 1. The number of aliphatic carboxylic acids is 1. The van der Waals surface area contributed by atoms with Gasteiger partial charge in [-0.3, -0.25) is 9.69 Å². The highest BCUT2D eigenvalue weighted by Crippen LogP contribution is 2.44. The van der Waals surface area contributed by atoms with Crippen molar-refractivity contribution in [2.45, 2.75) is 44.7 Å². The Bertz CT molecular complexity index is 1030. The first-order valence-corrected chi connectivity index (χ1v) is 12.2. The highest BCUT2D eigenvalue weighted by atomic mass is 16.5. The summed E-state index contributed by atoms with van der Waals surface area (Å²) in [6.45, 7) is 5.23. The van der Waals surface area contributed by atoms with Gasteiger partial charge in [-0.25, -0.2) is 9.59 Å². The Kier molecular flexibility index (Phi) is 7.70. The van der Waals surface area contributed by atoms with Gasteiger partial charge in [-0.1, -0.05) is 62.4 Å². The summed E-state index contributed by atoms with van der Waals surface area (Å²) in [5.41, 5.74) is 4.74. The Balaban J connectivity index is 1.22. The summed E-state index contributed by atoms with van der Waals surface area (Å²) in [6, 6.07) is 15.5. The molecule has 0 bridgehead atoms. The molecule has 2 aliphatic rings. The van der Waals surface area contributed by atoms with Crippen molar-refractivity contribution >= 4 is 18.0 Å². The number of carbonyl (C=O) groups excluding carboxylic acids is 2. The molecule has 1 atom stereocenters. The Hall–Kier alpha value is -3.39. The van der Waals surface area contributed by atoms with Crippen LogP contribution in [-0.2, 0) is 14.3 Å². The second kappa shape index (κ2) is 10.9. The number of alkyl carbamates (subject to hydrolysis) is 1. The minimum Gasteiger partial charge on any atom is -0.480 e. The summed E-state index contributed by atoms with van der Waals surface area (Å²) >= 11 is 0. The van der Waals surface area contributed by atoms with Crippen LogP contribution in [0, 0.1) is 5.92 Å². The molecule has 1 aliphatic carbocycles. The number of likely N-dealkylation sites (tertiary alicyclic amines) is 1. The van der Waals surface area contributed by atoms with Crippen molar-refractivity contribution in [2.24, 2.45) is 5.92 Å². The smallest absolute Gasteiger partial charge is 0.407 e. The zero-order chi connectivity index (χ0) is 24.9. The highest BCUT2D eigenvalue weighted by molar-refractivity contribution is 5.85. The van der Waals surface area contributed by atoms with E-state index in [0.717, 1.165) is 0 Å². The van der Waals surface area contributed by atoms with Crippen LogP contribution in [0.15, 0.2) is 48.5 Å². The van der Waals surface area contributed by atoms with Crippen molar-refractivity contribution in [3.8, 4) is 11.1 Å². The number of rotatable bonds is 8. The van der Waals surface area contributed by atoms with Crippen molar-refractivity contribution in [3.63, 3.8) is 0 Å². The Morgan fingerprint density at radius 3 is 2.11 bits per heavy atom. The van der Waals surface area contributed by atoms with E-state index in [-0.39, 0.29) is 36.9 Å². The molecular weight excluding hydrogens is 446 g/mol. The predicted molar refractivity (Wildman–Crippen MR) is 132 cm³/mol. The van der Waals surface area contributed by atoms with Crippen LogP contribution >= 0.6 is 0 Å². The Morgan fingerprint density at radius 1 is 1.00 bits per heavy atom. The lowest BCUT2D eigenvalue weighted by Gasteiger charge is -2.32. The molecule has 8 heteroatoms. The van der Waals surface area contributed by atoms with Crippen LogP contribution in [0.1, 0.15) is 43.7 Å². The second-order valence-electron chi connectivity index (χ2n) is 9.65. The van der Waals surface area contributed by atoms with Gasteiger partial charge in [-0.05, 0) is 41.0 Å². The highest BCUT2D eigenvalue weighted by Gasteiger charge is 2.30. The van der Waals surface area contributed by atoms with Crippen LogP contribution in [0.2, 0.25) is 0 Å². The van der Waals surface area contributed by atoms with Gasteiger partial charge < -0.3 is 20.5 Å². The van der Waals surface area contributed by atoms with E-state index < -0.39 is 18.1 Å². The van der Waals surface area contributed by atoms with Crippen LogP contribution in [0.4, 0.5) is 4.79 Å². The molecule has 2 amide bonds. The fourth-order valence-electron chi connectivity index (χ4n) is 4.98. The molecule has 4 rings (SSSR count). The lowest BCUT2D eigenvalue weighted by Crippen LogP contribution is -2.51. The fraction of sp³-hybridized carbons (Fsp3) is 0.444. The predicted octanol–water partition coefficient (Wildman–Crippen LogP) is 3.21. The number of nitrogens with zero attached hydrogens (tertiary/aromatic N) is 1. The minimum absolute atomic E-state index is 0.0209. The minimum atomic E-state index is -1.03. The summed E-state index contributed by atoms with van der Waals surface area (Å²) in [6.07, 6.45) is 0.970. The van der Waals surface area contributed by atoms with E-state index in [1.165, 1.54) is 22.3 Å². The van der Waals surface area contributed by atoms with Gasteiger partial charge in [0.15, 0.2) is 0 Å². The SMILES string of the molecule is CC(C)[C@H](NC(=O)CN1CCC(NC(=O)OCC2c3ccccc3-c3ccccc32)CC1)C(=O)O. The average molecular weight is 480 g/mol. The standard InChI is InChI=1S/C27H33N3O5/c1-17(2)25(26(32)33)29-24(31)15-30-13-11-18(12-14-30)28-27(34)35-16-23-21-9-5-3-7-19(21)20-8-4-6-10-22(20)23/h3-10,17-18,23,25H,11-16H2,1-2H3,(H,28,34)(H,29,31)(H,32,33)/t25-/m0/s1. The second-order valence-corrected chi connectivity index (χ2v) is 9.65. The number of hydrogen-bond acceptors (Lipinski definition) is 5. The molecule has 35 heavy (non-hydrogen) atoms. The first kappa shape index (κ1) is 24.7. The number of carboxylic acids is 1. The van der Waals surface area contributed by atoms with E-state index >= 15 is 0 Å². The molecule has 0 radical (unpaired) electrons. The summed E-state index contributed by atoms with van der Waals surface area (Å²) in [7, 11) is 0. The molecule has 1 saturated heterocycles. The maximum Gasteiger partial charge on any atom is 0.407 e. The third kappa shape index (κ3) is 5.82. The van der Waals surface area contributed by atoms with Gasteiger partial charge in [0.05, 0.1) is 6.54 Å². The van der Waals surface area contributed by atoms with Crippen LogP contribution in [-0.4, -0.2) is 66.3 Å². The van der Waals surface area contributed by atoms with Gasteiger partial charge in [0.1, 0.15) is 12.6 Å². The molecule has 3 N–H and O–H groups in total. The first-order valence-electron chi connectivity index (χ1n) is 12.2. The molecule has 186 valence electrons. The van der Waals surface area contributed by atoms with E-state index in [2.05, 4.69) is 34.9 Å². The third-order valence-corrected chi connectivity index (χ3v) is 6.87. The Morgan fingerprint density at radius 2 is 1.57 bits per heavy atom. The van der Waals surface area contributed by atoms with Gasteiger partial charge in [-0.2, -0.15) is 0 Å². The van der Waals surface area contributed by atoms with Crippen molar-refractivity contribution in [3.05, 3.63) is 59.7 Å². The summed E-state index contributed by atoms with van der Waals surface area (Å²) in [4.78, 5) is 38.1. The zero-order valence-electron chi connectivity index (χ0n) is 20.2. The number of hydrogen-bond donors (Lipinski definition) is 3. The van der Waals surface area contributed by atoms with E-state index in [1.807, 2.05) is 29.2 Å². The summed E-state index contributed by atoms with van der Waals surface area (Å²) < 4.78 is 5.64. The number of nitrogens with one attached hydrogen (secondary N) is 2. The molecule has 2 aromatic rings. The zero-order valence-corrected chi connectivity index (χ0v) is 20.2.